The monoisotopic (exact) mass is 238 g/mol. The molecular weight excluding hydrogens is 220 g/mol. The molecule has 1 aliphatic rings. The van der Waals surface area contributed by atoms with Gasteiger partial charge in [0.15, 0.2) is 5.82 Å². The van der Waals surface area contributed by atoms with Gasteiger partial charge in [-0.25, -0.2) is 0 Å². The molecule has 1 aliphatic heterocycles. The molecule has 94 valence electrons. The normalized spacial score (nSPS) is 15.5. The fraction of sp³-hybridized carbons (Fsp3) is 0.727. The Morgan fingerprint density at radius 3 is 2.88 bits per heavy atom. The molecule has 1 fully saturated rings. The Balaban J connectivity index is 1.61. The van der Waals surface area contributed by atoms with Gasteiger partial charge in [0, 0.05) is 26.1 Å². The van der Waals surface area contributed by atoms with Crippen molar-refractivity contribution in [2.24, 2.45) is 0 Å². The van der Waals surface area contributed by atoms with Gasteiger partial charge in [0.1, 0.15) is 0 Å². The molecular formula is C11H18N4O2. The molecule has 0 unspecified atom stereocenters. The zero-order valence-electron chi connectivity index (χ0n) is 10.1. The summed E-state index contributed by atoms with van der Waals surface area (Å²) in [6, 6.07) is 0. The van der Waals surface area contributed by atoms with Crippen LogP contribution in [0.1, 0.15) is 24.6 Å². The highest BCUT2D eigenvalue weighted by Crippen LogP contribution is 2.06. The van der Waals surface area contributed by atoms with Crippen molar-refractivity contribution >= 4 is 5.91 Å². The van der Waals surface area contributed by atoms with Crippen molar-refractivity contribution < 1.29 is 9.32 Å². The number of carbonyl (C=O) groups excluding carboxylic acids is 1. The van der Waals surface area contributed by atoms with Crippen LogP contribution in [0.4, 0.5) is 0 Å². The summed E-state index contributed by atoms with van der Waals surface area (Å²) in [5.74, 6) is 1.45. The van der Waals surface area contributed by atoms with Crippen LogP contribution < -0.4 is 5.32 Å². The maximum absolute atomic E-state index is 11.7. The summed E-state index contributed by atoms with van der Waals surface area (Å²) in [5.41, 5.74) is 0. The predicted octanol–water partition coefficient (Wildman–Crippen LogP) is 0.133. The van der Waals surface area contributed by atoms with Crippen LogP contribution in [0.25, 0.3) is 0 Å². The van der Waals surface area contributed by atoms with E-state index in [2.05, 4.69) is 15.5 Å². The minimum atomic E-state index is 0.184. The van der Waals surface area contributed by atoms with E-state index < -0.39 is 0 Å². The number of hydrogen-bond acceptors (Lipinski definition) is 5. The standard InChI is InChI=1S/C11H18N4O2/c1-9-13-10(17-14-9)4-5-12-8-11(16)15-6-2-3-7-15/h12H,2-8H2,1H3. The number of amides is 1. The number of nitrogens with zero attached hydrogens (tertiary/aromatic N) is 3. The van der Waals surface area contributed by atoms with Crippen LogP contribution in [-0.4, -0.2) is 47.1 Å². The highest BCUT2D eigenvalue weighted by atomic mass is 16.5. The Labute approximate surface area is 100 Å². The number of nitrogens with one attached hydrogen (secondary N) is 1. The smallest absolute Gasteiger partial charge is 0.236 e. The molecule has 0 saturated carbocycles. The molecule has 1 saturated heterocycles. The minimum absolute atomic E-state index is 0.184. The SMILES string of the molecule is Cc1noc(CCNCC(=O)N2CCCC2)n1. The van der Waals surface area contributed by atoms with E-state index in [-0.39, 0.29) is 5.91 Å². The number of hydrogen-bond donors (Lipinski definition) is 1. The van der Waals surface area contributed by atoms with Crippen LogP contribution >= 0.6 is 0 Å². The van der Waals surface area contributed by atoms with Gasteiger partial charge in [-0.15, -0.1) is 0 Å². The van der Waals surface area contributed by atoms with Gasteiger partial charge < -0.3 is 14.7 Å². The summed E-state index contributed by atoms with van der Waals surface area (Å²) < 4.78 is 4.97. The average molecular weight is 238 g/mol. The van der Waals surface area contributed by atoms with Crippen LogP contribution in [-0.2, 0) is 11.2 Å². The molecule has 1 aromatic heterocycles. The lowest BCUT2D eigenvalue weighted by Crippen LogP contribution is -2.36. The van der Waals surface area contributed by atoms with Crippen LogP contribution in [0.2, 0.25) is 0 Å². The summed E-state index contributed by atoms with van der Waals surface area (Å²) in [6.45, 7) is 4.68. The Morgan fingerprint density at radius 1 is 1.47 bits per heavy atom. The lowest BCUT2D eigenvalue weighted by Gasteiger charge is -2.15. The highest BCUT2D eigenvalue weighted by Gasteiger charge is 2.16. The van der Waals surface area contributed by atoms with E-state index in [0.717, 1.165) is 25.9 Å². The van der Waals surface area contributed by atoms with Gasteiger partial charge in [-0.1, -0.05) is 5.16 Å². The molecule has 1 N–H and O–H groups in total. The Kier molecular flexibility index (Phi) is 4.08. The van der Waals surface area contributed by atoms with E-state index in [9.17, 15) is 4.79 Å². The second-order valence-corrected chi connectivity index (χ2v) is 4.25. The third-order valence-electron chi connectivity index (χ3n) is 2.82. The summed E-state index contributed by atoms with van der Waals surface area (Å²) >= 11 is 0. The zero-order valence-corrected chi connectivity index (χ0v) is 10.1. The lowest BCUT2D eigenvalue weighted by atomic mass is 10.4. The maximum atomic E-state index is 11.7. The first kappa shape index (κ1) is 12.0. The third-order valence-corrected chi connectivity index (χ3v) is 2.82. The van der Waals surface area contributed by atoms with Crippen LogP contribution in [0.3, 0.4) is 0 Å². The van der Waals surface area contributed by atoms with Gasteiger partial charge in [-0.2, -0.15) is 4.98 Å². The number of rotatable bonds is 5. The second kappa shape index (κ2) is 5.77. The first-order valence-corrected chi connectivity index (χ1v) is 6.03. The molecule has 0 aromatic carbocycles. The minimum Gasteiger partial charge on any atom is -0.342 e. The van der Waals surface area contributed by atoms with Crippen LogP contribution in [0.5, 0.6) is 0 Å². The number of carbonyl (C=O) groups is 1. The van der Waals surface area contributed by atoms with E-state index in [1.807, 2.05) is 4.90 Å². The Morgan fingerprint density at radius 2 is 2.24 bits per heavy atom. The predicted molar refractivity (Wildman–Crippen MR) is 61.4 cm³/mol. The summed E-state index contributed by atoms with van der Waals surface area (Å²) in [5, 5.41) is 6.81. The molecule has 0 radical (unpaired) electrons. The van der Waals surface area contributed by atoms with Crippen molar-refractivity contribution in [2.45, 2.75) is 26.2 Å². The van der Waals surface area contributed by atoms with Crippen molar-refractivity contribution in [3.63, 3.8) is 0 Å². The van der Waals surface area contributed by atoms with E-state index in [1.165, 1.54) is 0 Å². The van der Waals surface area contributed by atoms with Crippen molar-refractivity contribution in [2.75, 3.05) is 26.2 Å². The molecule has 2 heterocycles. The van der Waals surface area contributed by atoms with Crippen LogP contribution in [0.15, 0.2) is 4.52 Å². The van der Waals surface area contributed by atoms with Gasteiger partial charge in [-0.3, -0.25) is 4.79 Å². The van der Waals surface area contributed by atoms with Crippen molar-refractivity contribution in [1.29, 1.82) is 0 Å². The van der Waals surface area contributed by atoms with Crippen molar-refractivity contribution in [3.05, 3.63) is 11.7 Å². The topological polar surface area (TPSA) is 71.3 Å². The van der Waals surface area contributed by atoms with Gasteiger partial charge >= 0.3 is 0 Å². The van der Waals surface area contributed by atoms with Crippen molar-refractivity contribution in [1.82, 2.24) is 20.4 Å². The molecule has 0 bridgehead atoms. The van der Waals surface area contributed by atoms with E-state index in [0.29, 0.717) is 31.2 Å². The average Bonchev–Trinajstić information content (AvgIpc) is 2.95. The van der Waals surface area contributed by atoms with E-state index >= 15 is 0 Å². The van der Waals surface area contributed by atoms with E-state index in [1.54, 1.807) is 6.92 Å². The second-order valence-electron chi connectivity index (χ2n) is 4.25. The zero-order chi connectivity index (χ0) is 12.1. The highest BCUT2D eigenvalue weighted by molar-refractivity contribution is 5.78. The molecule has 2 rings (SSSR count). The number of aromatic nitrogens is 2. The third kappa shape index (κ3) is 3.52. The number of likely N-dealkylation sites (tertiary alicyclic amines) is 1. The van der Waals surface area contributed by atoms with Gasteiger partial charge in [-0.05, 0) is 19.8 Å². The number of aryl methyl sites for hydroxylation is 1. The molecule has 6 heteroatoms. The van der Waals surface area contributed by atoms with Crippen LogP contribution in [0, 0.1) is 6.92 Å². The largest absolute Gasteiger partial charge is 0.342 e. The van der Waals surface area contributed by atoms with Gasteiger partial charge in [0.05, 0.1) is 6.54 Å². The molecule has 1 aromatic rings. The first-order valence-electron chi connectivity index (χ1n) is 6.03. The van der Waals surface area contributed by atoms with Crippen molar-refractivity contribution in [3.8, 4) is 0 Å². The Bertz CT molecular complexity index is 371. The lowest BCUT2D eigenvalue weighted by molar-refractivity contribution is -0.129. The summed E-state index contributed by atoms with van der Waals surface area (Å²) in [6.07, 6.45) is 2.92. The molecule has 1 amide bonds. The molecule has 0 atom stereocenters. The molecule has 0 spiro atoms. The van der Waals surface area contributed by atoms with Gasteiger partial charge in [0.2, 0.25) is 11.8 Å². The first-order chi connectivity index (χ1) is 8.25. The molecule has 6 nitrogen and oxygen atoms in total. The fourth-order valence-electron chi connectivity index (χ4n) is 1.91. The summed E-state index contributed by atoms with van der Waals surface area (Å²) in [7, 11) is 0. The molecule has 0 aliphatic carbocycles. The van der Waals surface area contributed by atoms with Gasteiger partial charge in [0.25, 0.3) is 0 Å². The van der Waals surface area contributed by atoms with E-state index in [4.69, 9.17) is 4.52 Å². The molecule has 17 heavy (non-hydrogen) atoms. The summed E-state index contributed by atoms with van der Waals surface area (Å²) in [4.78, 5) is 17.7. The Hall–Kier alpha value is -1.43. The quantitative estimate of drug-likeness (QED) is 0.738. The maximum Gasteiger partial charge on any atom is 0.236 e. The fourth-order valence-corrected chi connectivity index (χ4v) is 1.91.